The second-order valence-electron chi connectivity index (χ2n) is 6.17. The van der Waals surface area contributed by atoms with E-state index in [4.69, 9.17) is 14.6 Å². The molecule has 3 rings (SSSR count). The number of carbonyl (C=O) groups is 2. The van der Waals surface area contributed by atoms with Crippen molar-refractivity contribution in [1.82, 2.24) is 4.72 Å². The molecular formula is C20H19NO7S. The summed E-state index contributed by atoms with van der Waals surface area (Å²) in [7, 11) is -3.83. The van der Waals surface area contributed by atoms with E-state index in [0.29, 0.717) is 30.3 Å². The van der Waals surface area contributed by atoms with Crippen LogP contribution in [-0.2, 0) is 14.8 Å². The van der Waals surface area contributed by atoms with Gasteiger partial charge in [0, 0.05) is 12.1 Å². The molecule has 0 aliphatic carbocycles. The highest BCUT2D eigenvalue weighted by Crippen LogP contribution is 2.31. The zero-order valence-electron chi connectivity index (χ0n) is 15.3. The summed E-state index contributed by atoms with van der Waals surface area (Å²) in [6.07, 6.45) is 2.71. The number of benzene rings is 2. The third kappa shape index (κ3) is 5.43. The lowest BCUT2D eigenvalue weighted by Gasteiger charge is -2.18. The van der Waals surface area contributed by atoms with Crippen LogP contribution in [0.3, 0.4) is 0 Å². The lowest BCUT2D eigenvalue weighted by Crippen LogP contribution is -2.26. The maximum atomic E-state index is 12.3. The summed E-state index contributed by atoms with van der Waals surface area (Å²) in [5.74, 6) is -0.106. The van der Waals surface area contributed by atoms with Gasteiger partial charge >= 0.3 is 5.97 Å². The van der Waals surface area contributed by atoms with E-state index in [1.54, 1.807) is 24.3 Å². The Morgan fingerprint density at radius 1 is 1.03 bits per heavy atom. The molecule has 152 valence electrons. The van der Waals surface area contributed by atoms with Crippen LogP contribution in [-0.4, -0.2) is 45.0 Å². The number of hydrogen-bond acceptors (Lipinski definition) is 6. The summed E-state index contributed by atoms with van der Waals surface area (Å²) in [6.45, 7) is 0.762. The first-order valence-corrected chi connectivity index (χ1v) is 10.3. The van der Waals surface area contributed by atoms with E-state index in [1.165, 1.54) is 30.3 Å². The Bertz CT molecular complexity index is 1040. The Morgan fingerprint density at radius 3 is 2.41 bits per heavy atom. The van der Waals surface area contributed by atoms with E-state index >= 15 is 0 Å². The lowest BCUT2D eigenvalue weighted by atomic mass is 10.1. The lowest BCUT2D eigenvalue weighted by molar-refractivity contribution is -0.136. The molecule has 0 atom stereocenters. The standard InChI is InChI=1S/C20H19NO7S/c22-17(7-1-14-2-8-18-19(13-14)28-12-11-27-18)15-3-5-16(6-4-15)29(25,26)21-10-9-20(23)24/h1-8,13,21H,9-12H2,(H,23,24)/b7-1+. The minimum atomic E-state index is -3.83. The summed E-state index contributed by atoms with van der Waals surface area (Å²) < 4.78 is 37.3. The number of aliphatic carboxylic acids is 1. The second-order valence-corrected chi connectivity index (χ2v) is 7.93. The Balaban J connectivity index is 1.65. The van der Waals surface area contributed by atoms with Crippen molar-refractivity contribution in [3.8, 4) is 11.5 Å². The molecule has 8 nitrogen and oxygen atoms in total. The van der Waals surface area contributed by atoms with Gasteiger partial charge in [-0.1, -0.05) is 12.1 Å². The topological polar surface area (TPSA) is 119 Å². The minimum Gasteiger partial charge on any atom is -0.486 e. The van der Waals surface area contributed by atoms with Crippen LogP contribution in [0.4, 0.5) is 0 Å². The number of nitrogens with one attached hydrogen (secondary N) is 1. The van der Waals surface area contributed by atoms with Gasteiger partial charge in [-0.25, -0.2) is 13.1 Å². The zero-order chi connectivity index (χ0) is 20.9. The molecule has 0 saturated heterocycles. The maximum Gasteiger partial charge on any atom is 0.304 e. The van der Waals surface area contributed by atoms with Crippen molar-refractivity contribution in [2.75, 3.05) is 19.8 Å². The van der Waals surface area contributed by atoms with Crippen LogP contribution in [0.2, 0.25) is 0 Å². The summed E-state index contributed by atoms with van der Waals surface area (Å²) in [5.41, 5.74) is 1.09. The third-order valence-electron chi connectivity index (χ3n) is 4.07. The highest BCUT2D eigenvalue weighted by atomic mass is 32.2. The Kier molecular flexibility index (Phi) is 6.30. The van der Waals surface area contributed by atoms with Crippen molar-refractivity contribution >= 4 is 27.9 Å². The van der Waals surface area contributed by atoms with Crippen LogP contribution in [0.1, 0.15) is 22.3 Å². The normalized spacial score (nSPS) is 13.4. The van der Waals surface area contributed by atoms with Gasteiger partial charge in [0.1, 0.15) is 13.2 Å². The average Bonchev–Trinajstić information content (AvgIpc) is 2.71. The fourth-order valence-corrected chi connectivity index (χ4v) is 3.64. The minimum absolute atomic E-state index is 0.0461. The fourth-order valence-electron chi connectivity index (χ4n) is 2.61. The number of carbonyl (C=O) groups excluding carboxylic acids is 1. The molecule has 0 aromatic heterocycles. The number of ketones is 1. The Labute approximate surface area is 167 Å². The number of sulfonamides is 1. The van der Waals surface area contributed by atoms with Crippen molar-refractivity contribution in [1.29, 1.82) is 0 Å². The molecule has 0 radical (unpaired) electrons. The van der Waals surface area contributed by atoms with Crippen LogP contribution in [0.5, 0.6) is 11.5 Å². The number of carboxylic acids is 1. The molecule has 0 amide bonds. The van der Waals surface area contributed by atoms with Crippen molar-refractivity contribution in [3.63, 3.8) is 0 Å². The van der Waals surface area contributed by atoms with E-state index in [0.717, 1.165) is 5.56 Å². The quantitative estimate of drug-likeness (QED) is 0.499. The van der Waals surface area contributed by atoms with Crippen molar-refractivity contribution in [2.24, 2.45) is 0 Å². The molecule has 2 aromatic rings. The highest BCUT2D eigenvalue weighted by Gasteiger charge is 2.15. The molecular weight excluding hydrogens is 398 g/mol. The molecule has 2 N–H and O–H groups in total. The van der Waals surface area contributed by atoms with E-state index in [-0.39, 0.29) is 23.6 Å². The number of ether oxygens (including phenoxy) is 2. The smallest absolute Gasteiger partial charge is 0.304 e. The predicted octanol–water partition coefficient (Wildman–Crippen LogP) is 2.11. The van der Waals surface area contributed by atoms with Crippen molar-refractivity contribution in [3.05, 3.63) is 59.7 Å². The Hall–Kier alpha value is -3.17. The third-order valence-corrected chi connectivity index (χ3v) is 5.55. The first-order valence-electron chi connectivity index (χ1n) is 8.79. The number of rotatable bonds is 8. The molecule has 0 spiro atoms. The van der Waals surface area contributed by atoms with Crippen LogP contribution in [0.15, 0.2) is 53.4 Å². The molecule has 1 aliphatic rings. The highest BCUT2D eigenvalue weighted by molar-refractivity contribution is 7.89. The summed E-state index contributed by atoms with van der Waals surface area (Å²) >= 11 is 0. The number of hydrogen-bond donors (Lipinski definition) is 2. The average molecular weight is 417 g/mol. The predicted molar refractivity (Wildman–Crippen MR) is 105 cm³/mol. The van der Waals surface area contributed by atoms with Crippen molar-refractivity contribution < 1.29 is 32.6 Å². The van der Waals surface area contributed by atoms with Gasteiger partial charge in [0.15, 0.2) is 17.3 Å². The van der Waals surface area contributed by atoms with Gasteiger partial charge in [0.2, 0.25) is 10.0 Å². The van der Waals surface area contributed by atoms with Crippen molar-refractivity contribution in [2.45, 2.75) is 11.3 Å². The zero-order valence-corrected chi connectivity index (χ0v) is 16.1. The van der Waals surface area contributed by atoms with E-state index < -0.39 is 16.0 Å². The van der Waals surface area contributed by atoms with E-state index in [9.17, 15) is 18.0 Å². The SMILES string of the molecule is O=C(O)CCNS(=O)(=O)c1ccc(C(=O)/C=C/c2ccc3c(c2)OCCO3)cc1. The molecule has 1 heterocycles. The van der Waals surface area contributed by atoms with Gasteiger partial charge in [0.05, 0.1) is 11.3 Å². The van der Waals surface area contributed by atoms with Gasteiger partial charge in [-0.3, -0.25) is 9.59 Å². The molecule has 9 heteroatoms. The number of allylic oxidation sites excluding steroid dienone is 1. The molecule has 0 unspecified atom stereocenters. The van der Waals surface area contributed by atoms with Crippen LogP contribution in [0, 0.1) is 0 Å². The van der Waals surface area contributed by atoms with Gasteiger partial charge in [-0.2, -0.15) is 0 Å². The van der Waals surface area contributed by atoms with E-state index in [1.807, 2.05) is 0 Å². The number of carboxylic acid groups (broad SMARTS) is 1. The van der Waals surface area contributed by atoms with Gasteiger partial charge in [-0.15, -0.1) is 0 Å². The van der Waals surface area contributed by atoms with Gasteiger partial charge in [-0.05, 0) is 48.0 Å². The summed E-state index contributed by atoms with van der Waals surface area (Å²) in [5, 5.41) is 8.58. The fraction of sp³-hybridized carbons (Fsp3) is 0.200. The monoisotopic (exact) mass is 417 g/mol. The van der Waals surface area contributed by atoms with Crippen LogP contribution in [0.25, 0.3) is 6.08 Å². The van der Waals surface area contributed by atoms with Gasteiger partial charge < -0.3 is 14.6 Å². The van der Waals surface area contributed by atoms with Crippen LogP contribution < -0.4 is 14.2 Å². The first-order chi connectivity index (χ1) is 13.8. The van der Waals surface area contributed by atoms with Gasteiger partial charge in [0.25, 0.3) is 0 Å². The first kappa shape index (κ1) is 20.6. The maximum absolute atomic E-state index is 12.3. The Morgan fingerprint density at radius 2 is 1.72 bits per heavy atom. The van der Waals surface area contributed by atoms with Crippen LogP contribution >= 0.6 is 0 Å². The van der Waals surface area contributed by atoms with E-state index in [2.05, 4.69) is 4.72 Å². The largest absolute Gasteiger partial charge is 0.486 e. The molecule has 0 saturated carbocycles. The second kappa shape index (κ2) is 8.89. The molecule has 0 bridgehead atoms. The molecule has 1 aliphatic heterocycles. The molecule has 29 heavy (non-hydrogen) atoms. The molecule has 0 fully saturated rings. The number of fused-ring (bicyclic) bond motifs is 1. The summed E-state index contributed by atoms with van der Waals surface area (Å²) in [6, 6.07) is 10.8. The molecule has 2 aromatic carbocycles. The summed E-state index contributed by atoms with van der Waals surface area (Å²) in [4.78, 5) is 22.8.